The Morgan fingerprint density at radius 2 is 1.91 bits per heavy atom. The van der Waals surface area contributed by atoms with Crippen LogP contribution in [-0.4, -0.2) is 30.1 Å². The molecule has 122 valence electrons. The van der Waals surface area contributed by atoms with Crippen LogP contribution in [0, 0.1) is 13.8 Å². The average Bonchev–Trinajstić information content (AvgIpc) is 3.01. The van der Waals surface area contributed by atoms with Crippen LogP contribution in [0.5, 0.6) is 11.5 Å². The van der Waals surface area contributed by atoms with Gasteiger partial charge in [0.15, 0.2) is 16.5 Å². The van der Waals surface area contributed by atoms with Crippen LogP contribution in [0.2, 0.25) is 0 Å². The van der Waals surface area contributed by atoms with E-state index in [0.29, 0.717) is 6.54 Å². The molecule has 6 heteroatoms. The Hall–Kier alpha value is -2.05. The molecule has 0 amide bonds. The van der Waals surface area contributed by atoms with E-state index in [9.17, 15) is 0 Å². The lowest BCUT2D eigenvalue weighted by Crippen LogP contribution is -2.07. The first kappa shape index (κ1) is 15.8. The summed E-state index contributed by atoms with van der Waals surface area (Å²) in [7, 11) is 3.29. The Kier molecular flexibility index (Phi) is 4.28. The minimum Gasteiger partial charge on any atom is -0.493 e. The summed E-state index contributed by atoms with van der Waals surface area (Å²) in [4.78, 5) is 6.91. The van der Waals surface area contributed by atoms with E-state index in [2.05, 4.69) is 22.4 Å². The summed E-state index contributed by atoms with van der Waals surface area (Å²) in [5.41, 5.74) is 10.2. The number of ether oxygens (including phenoxy) is 2. The molecule has 0 saturated heterocycles. The van der Waals surface area contributed by atoms with Gasteiger partial charge in [-0.05, 0) is 38.6 Å². The van der Waals surface area contributed by atoms with Crippen LogP contribution < -0.4 is 15.2 Å². The van der Waals surface area contributed by atoms with Crippen LogP contribution in [0.4, 0.5) is 0 Å². The van der Waals surface area contributed by atoms with E-state index in [0.717, 1.165) is 39.8 Å². The molecule has 0 spiro atoms. The van der Waals surface area contributed by atoms with Gasteiger partial charge in [-0.2, -0.15) is 0 Å². The van der Waals surface area contributed by atoms with Crippen LogP contribution in [0.3, 0.4) is 0 Å². The molecule has 5 nitrogen and oxygen atoms in total. The molecule has 0 bridgehead atoms. The molecule has 23 heavy (non-hydrogen) atoms. The van der Waals surface area contributed by atoms with Gasteiger partial charge in [0.05, 0.1) is 25.6 Å². The second-order valence-corrected chi connectivity index (χ2v) is 6.56. The summed E-state index contributed by atoms with van der Waals surface area (Å²) in [5, 5.41) is 0. The molecule has 0 radical (unpaired) electrons. The third-order valence-corrected chi connectivity index (χ3v) is 4.94. The van der Waals surface area contributed by atoms with Crippen LogP contribution in [0.25, 0.3) is 16.2 Å². The van der Waals surface area contributed by atoms with Crippen LogP contribution in [0.15, 0.2) is 18.2 Å². The molecule has 0 fully saturated rings. The lowest BCUT2D eigenvalue weighted by atomic mass is 10.1. The molecule has 2 heterocycles. The van der Waals surface area contributed by atoms with E-state index in [-0.39, 0.29) is 0 Å². The smallest absolute Gasteiger partial charge is 0.194 e. The van der Waals surface area contributed by atoms with Gasteiger partial charge >= 0.3 is 0 Å². The van der Waals surface area contributed by atoms with Gasteiger partial charge in [0.1, 0.15) is 0 Å². The van der Waals surface area contributed by atoms with E-state index in [1.807, 2.05) is 19.1 Å². The lowest BCUT2D eigenvalue weighted by Gasteiger charge is -2.11. The van der Waals surface area contributed by atoms with Crippen molar-refractivity contribution < 1.29 is 9.47 Å². The van der Waals surface area contributed by atoms with Crippen molar-refractivity contribution in [1.82, 2.24) is 9.38 Å². The highest BCUT2D eigenvalue weighted by Crippen LogP contribution is 2.37. The van der Waals surface area contributed by atoms with Gasteiger partial charge in [0.2, 0.25) is 0 Å². The van der Waals surface area contributed by atoms with E-state index in [4.69, 9.17) is 15.2 Å². The largest absolute Gasteiger partial charge is 0.493 e. The topological polar surface area (TPSA) is 61.8 Å². The molecule has 0 atom stereocenters. The fourth-order valence-corrected chi connectivity index (χ4v) is 3.98. The van der Waals surface area contributed by atoms with E-state index in [1.165, 1.54) is 10.6 Å². The molecule has 2 N–H and O–H groups in total. The number of aryl methyl sites for hydroxylation is 2. The monoisotopic (exact) mass is 331 g/mol. The van der Waals surface area contributed by atoms with Gasteiger partial charge in [-0.15, -0.1) is 11.3 Å². The van der Waals surface area contributed by atoms with Crippen molar-refractivity contribution in [1.29, 1.82) is 0 Å². The standard InChI is InChI=1S/C17H21N3O2S/c1-10-13(7-8-18)20-16(11(2)23-17(20)19-10)12-5-6-14(21-3)15(9-12)22-4/h5-6,9H,7-8,18H2,1-4H3. The van der Waals surface area contributed by atoms with Gasteiger partial charge in [-0.25, -0.2) is 4.98 Å². The number of thiazole rings is 1. The number of hydrogen-bond donors (Lipinski definition) is 1. The molecule has 0 saturated carbocycles. The molecule has 0 aliphatic heterocycles. The van der Waals surface area contributed by atoms with Crippen LogP contribution in [-0.2, 0) is 6.42 Å². The summed E-state index contributed by atoms with van der Waals surface area (Å²) in [6, 6.07) is 6.00. The van der Waals surface area contributed by atoms with Gasteiger partial charge in [-0.3, -0.25) is 4.40 Å². The average molecular weight is 331 g/mol. The molecule has 0 aliphatic carbocycles. The number of imidazole rings is 1. The van der Waals surface area contributed by atoms with Crippen molar-refractivity contribution in [3.63, 3.8) is 0 Å². The van der Waals surface area contributed by atoms with Crippen molar-refractivity contribution >= 4 is 16.3 Å². The minimum absolute atomic E-state index is 0.606. The molecule has 0 aliphatic rings. The Labute approximate surface area is 139 Å². The highest BCUT2D eigenvalue weighted by atomic mass is 32.1. The zero-order valence-electron chi connectivity index (χ0n) is 13.8. The van der Waals surface area contributed by atoms with Gasteiger partial charge in [0, 0.05) is 22.6 Å². The van der Waals surface area contributed by atoms with Gasteiger partial charge in [-0.1, -0.05) is 0 Å². The molecule has 3 rings (SSSR count). The van der Waals surface area contributed by atoms with Crippen molar-refractivity contribution in [2.45, 2.75) is 20.3 Å². The van der Waals surface area contributed by atoms with Gasteiger partial charge in [0.25, 0.3) is 0 Å². The number of benzene rings is 1. The lowest BCUT2D eigenvalue weighted by molar-refractivity contribution is 0.355. The first-order chi connectivity index (χ1) is 11.1. The Bertz CT molecular complexity index is 851. The molecule has 3 aromatic rings. The predicted molar refractivity (Wildman–Crippen MR) is 93.8 cm³/mol. The summed E-state index contributed by atoms with van der Waals surface area (Å²) in [5.74, 6) is 1.45. The number of nitrogens with two attached hydrogens (primary N) is 1. The quantitative estimate of drug-likeness (QED) is 0.780. The van der Waals surface area contributed by atoms with E-state index in [1.54, 1.807) is 25.6 Å². The normalized spacial score (nSPS) is 11.2. The van der Waals surface area contributed by atoms with Crippen LogP contribution >= 0.6 is 11.3 Å². The highest BCUT2D eigenvalue weighted by Gasteiger charge is 2.19. The zero-order valence-corrected chi connectivity index (χ0v) is 14.7. The summed E-state index contributed by atoms with van der Waals surface area (Å²) in [6.45, 7) is 4.76. The number of aromatic nitrogens is 2. The fourth-order valence-electron chi connectivity index (χ4n) is 2.92. The molecular formula is C17H21N3O2S. The SMILES string of the molecule is COc1ccc(-c2c(C)sc3nc(C)c(CCN)n23)cc1OC. The highest BCUT2D eigenvalue weighted by molar-refractivity contribution is 7.17. The maximum absolute atomic E-state index is 5.78. The molecular weight excluding hydrogens is 310 g/mol. The van der Waals surface area contributed by atoms with Crippen LogP contribution in [0.1, 0.15) is 16.3 Å². The van der Waals surface area contributed by atoms with Gasteiger partial charge < -0.3 is 15.2 Å². The third-order valence-electron chi connectivity index (χ3n) is 3.98. The number of nitrogens with zero attached hydrogens (tertiary/aromatic N) is 2. The van der Waals surface area contributed by atoms with E-state index < -0.39 is 0 Å². The fraction of sp³-hybridized carbons (Fsp3) is 0.353. The van der Waals surface area contributed by atoms with Crippen molar-refractivity contribution in [3.8, 4) is 22.8 Å². The number of fused-ring (bicyclic) bond motifs is 1. The minimum atomic E-state index is 0.606. The second-order valence-electron chi connectivity index (χ2n) is 5.38. The Morgan fingerprint density at radius 1 is 1.17 bits per heavy atom. The Morgan fingerprint density at radius 3 is 2.57 bits per heavy atom. The summed E-state index contributed by atoms with van der Waals surface area (Å²) in [6.07, 6.45) is 0.809. The maximum Gasteiger partial charge on any atom is 0.194 e. The summed E-state index contributed by atoms with van der Waals surface area (Å²) >= 11 is 1.70. The molecule has 2 aromatic heterocycles. The number of hydrogen-bond acceptors (Lipinski definition) is 5. The maximum atomic E-state index is 5.78. The summed E-state index contributed by atoms with van der Waals surface area (Å²) < 4.78 is 13.0. The Balaban J connectivity index is 2.25. The first-order valence-corrected chi connectivity index (χ1v) is 8.32. The zero-order chi connectivity index (χ0) is 16.6. The first-order valence-electron chi connectivity index (χ1n) is 7.50. The third kappa shape index (κ3) is 2.58. The van der Waals surface area contributed by atoms with E-state index >= 15 is 0 Å². The predicted octanol–water partition coefficient (Wildman–Crippen LogP) is 3.20. The van der Waals surface area contributed by atoms with Crippen molar-refractivity contribution in [3.05, 3.63) is 34.5 Å². The molecule has 1 aromatic carbocycles. The van der Waals surface area contributed by atoms with Crippen molar-refractivity contribution in [2.75, 3.05) is 20.8 Å². The molecule has 0 unspecified atom stereocenters. The number of rotatable bonds is 5. The second kappa shape index (κ2) is 6.22. The van der Waals surface area contributed by atoms with Crippen molar-refractivity contribution in [2.24, 2.45) is 5.73 Å². The number of methoxy groups -OCH3 is 2.